The molecule has 1 spiro atoms. The summed E-state index contributed by atoms with van der Waals surface area (Å²) in [7, 11) is 0. The molecule has 4 atom stereocenters. The van der Waals surface area contributed by atoms with E-state index < -0.39 is 29.5 Å². The lowest BCUT2D eigenvalue weighted by Gasteiger charge is -2.21. The molecule has 1 N–H and O–H groups in total. The van der Waals surface area contributed by atoms with Gasteiger partial charge in [-0.1, -0.05) is 18.2 Å². The van der Waals surface area contributed by atoms with Crippen LogP contribution in [0.4, 0.5) is 0 Å². The van der Waals surface area contributed by atoms with Gasteiger partial charge in [-0.25, -0.2) is 0 Å². The third kappa shape index (κ3) is 1.46. The first-order chi connectivity index (χ1) is 9.61. The lowest BCUT2D eigenvalue weighted by molar-refractivity contribution is -0.148. The zero-order chi connectivity index (χ0) is 13.9. The molecule has 6 heteroatoms. The van der Waals surface area contributed by atoms with E-state index in [0.717, 1.165) is 4.88 Å². The molecule has 4 rings (SSSR count). The Hall–Kier alpha value is -1.66. The Morgan fingerprint density at radius 3 is 3.15 bits per heavy atom. The Kier molecular flexibility index (Phi) is 2.38. The number of hydrogen-bond donors (Lipinski definition) is 1. The normalized spacial score (nSPS) is 37.7. The number of likely N-dealkylation sites (tertiary alicyclic amines) is 1. The van der Waals surface area contributed by atoms with Gasteiger partial charge in [-0.15, -0.1) is 11.3 Å². The van der Waals surface area contributed by atoms with Crippen LogP contribution in [0.15, 0.2) is 29.7 Å². The Morgan fingerprint density at radius 1 is 1.60 bits per heavy atom. The van der Waals surface area contributed by atoms with Crippen molar-refractivity contribution in [2.75, 3.05) is 6.54 Å². The van der Waals surface area contributed by atoms with Crippen LogP contribution in [0.3, 0.4) is 0 Å². The number of fused-ring (bicyclic) bond motifs is 1. The van der Waals surface area contributed by atoms with Gasteiger partial charge in [-0.3, -0.25) is 9.59 Å². The van der Waals surface area contributed by atoms with Crippen LogP contribution in [0, 0.1) is 11.8 Å². The van der Waals surface area contributed by atoms with E-state index in [1.807, 2.05) is 23.6 Å². The average Bonchev–Trinajstić information content (AvgIpc) is 3.12. The molecule has 20 heavy (non-hydrogen) atoms. The molecular formula is C14H13NO4S. The summed E-state index contributed by atoms with van der Waals surface area (Å²) in [5.74, 6) is -2.37. The van der Waals surface area contributed by atoms with Crippen molar-refractivity contribution in [3.63, 3.8) is 0 Å². The van der Waals surface area contributed by atoms with Gasteiger partial charge in [0.25, 0.3) is 0 Å². The fraction of sp³-hybridized carbons (Fsp3) is 0.429. The summed E-state index contributed by atoms with van der Waals surface area (Å²) in [6.45, 7) is 0.980. The number of aliphatic carboxylic acids is 1. The number of carboxylic acids is 1. The van der Waals surface area contributed by atoms with Crippen molar-refractivity contribution in [3.8, 4) is 0 Å². The molecule has 0 aromatic carbocycles. The SMILES string of the molecule is O=C(O)[C@@H]1[C@@H]2C=C[C@@]3(CN(Cc4cccs4)C(=O)[C@@H]13)O2. The first-order valence-corrected chi connectivity index (χ1v) is 7.40. The van der Waals surface area contributed by atoms with Crippen LogP contribution in [-0.2, 0) is 20.9 Å². The highest BCUT2D eigenvalue weighted by Gasteiger charge is 2.66. The van der Waals surface area contributed by atoms with Gasteiger partial charge in [-0.05, 0) is 11.4 Å². The standard InChI is InChI=1S/C14H13NO4S/c16-12-11-10(13(17)18)9-3-4-14(11,19-9)7-15(12)6-8-2-1-5-20-8/h1-5,9-11H,6-7H2,(H,17,18)/t9-,10+,11+,14-/m0/s1. The molecular weight excluding hydrogens is 278 g/mol. The largest absolute Gasteiger partial charge is 0.481 e. The van der Waals surface area contributed by atoms with Gasteiger partial charge in [0.2, 0.25) is 5.91 Å². The minimum absolute atomic E-state index is 0.0994. The molecule has 0 aliphatic carbocycles. The quantitative estimate of drug-likeness (QED) is 0.847. The zero-order valence-corrected chi connectivity index (χ0v) is 11.4. The summed E-state index contributed by atoms with van der Waals surface area (Å²) < 4.78 is 5.83. The number of ether oxygens (including phenoxy) is 1. The fourth-order valence-corrected chi connectivity index (χ4v) is 4.30. The molecule has 1 aromatic heterocycles. The molecule has 3 aliphatic rings. The first-order valence-electron chi connectivity index (χ1n) is 6.52. The number of thiophene rings is 1. The fourth-order valence-electron chi connectivity index (χ4n) is 3.58. The summed E-state index contributed by atoms with van der Waals surface area (Å²) in [5.41, 5.74) is -0.720. The molecule has 104 valence electrons. The van der Waals surface area contributed by atoms with Crippen molar-refractivity contribution in [1.29, 1.82) is 0 Å². The molecule has 1 amide bonds. The van der Waals surface area contributed by atoms with Crippen molar-refractivity contribution in [2.45, 2.75) is 18.2 Å². The maximum absolute atomic E-state index is 12.6. The highest BCUT2D eigenvalue weighted by atomic mass is 32.1. The number of nitrogens with zero attached hydrogens (tertiary/aromatic N) is 1. The molecule has 5 nitrogen and oxygen atoms in total. The molecule has 2 saturated heterocycles. The minimum Gasteiger partial charge on any atom is -0.481 e. The van der Waals surface area contributed by atoms with Crippen LogP contribution < -0.4 is 0 Å². The molecule has 1 aromatic rings. The Balaban J connectivity index is 1.65. The summed E-state index contributed by atoms with van der Waals surface area (Å²) in [6.07, 6.45) is 3.22. The second kappa shape index (κ2) is 3.93. The Labute approximate surface area is 119 Å². The second-order valence-electron chi connectivity index (χ2n) is 5.51. The van der Waals surface area contributed by atoms with Crippen molar-refractivity contribution in [1.82, 2.24) is 4.90 Å². The third-order valence-corrected chi connectivity index (χ3v) is 5.25. The van der Waals surface area contributed by atoms with Crippen molar-refractivity contribution in [2.24, 2.45) is 11.8 Å². The van der Waals surface area contributed by atoms with Crippen LogP contribution in [0.5, 0.6) is 0 Å². The predicted octanol–water partition coefficient (Wildman–Crippen LogP) is 1.11. The van der Waals surface area contributed by atoms with Gasteiger partial charge in [0.1, 0.15) is 11.5 Å². The van der Waals surface area contributed by atoms with Gasteiger partial charge in [-0.2, -0.15) is 0 Å². The van der Waals surface area contributed by atoms with E-state index in [9.17, 15) is 14.7 Å². The number of amides is 1. The zero-order valence-electron chi connectivity index (χ0n) is 10.6. The molecule has 2 bridgehead atoms. The average molecular weight is 291 g/mol. The van der Waals surface area contributed by atoms with E-state index in [1.54, 1.807) is 22.3 Å². The van der Waals surface area contributed by atoms with E-state index in [-0.39, 0.29) is 5.91 Å². The van der Waals surface area contributed by atoms with Crippen molar-refractivity contribution >= 4 is 23.2 Å². The van der Waals surface area contributed by atoms with Crippen molar-refractivity contribution in [3.05, 3.63) is 34.5 Å². The smallest absolute Gasteiger partial charge is 0.310 e. The van der Waals surface area contributed by atoms with Gasteiger partial charge >= 0.3 is 5.97 Å². The minimum atomic E-state index is -0.947. The van der Waals surface area contributed by atoms with Crippen LogP contribution in [0.25, 0.3) is 0 Å². The van der Waals surface area contributed by atoms with E-state index >= 15 is 0 Å². The predicted molar refractivity (Wildman–Crippen MR) is 71.1 cm³/mol. The highest BCUT2D eigenvalue weighted by molar-refractivity contribution is 7.09. The third-order valence-electron chi connectivity index (χ3n) is 4.39. The molecule has 0 unspecified atom stereocenters. The lowest BCUT2D eigenvalue weighted by Crippen LogP contribution is -2.39. The summed E-state index contributed by atoms with van der Waals surface area (Å²) >= 11 is 1.59. The Morgan fingerprint density at radius 2 is 2.45 bits per heavy atom. The molecule has 4 heterocycles. The van der Waals surface area contributed by atoms with E-state index in [2.05, 4.69) is 0 Å². The Bertz CT molecular complexity index is 611. The van der Waals surface area contributed by atoms with Crippen LogP contribution in [0.2, 0.25) is 0 Å². The maximum Gasteiger partial charge on any atom is 0.310 e. The number of carboxylic acid groups (broad SMARTS) is 1. The molecule has 2 fully saturated rings. The molecule has 0 radical (unpaired) electrons. The summed E-state index contributed by atoms with van der Waals surface area (Å²) in [5, 5.41) is 11.3. The van der Waals surface area contributed by atoms with E-state index in [4.69, 9.17) is 4.74 Å². The number of carbonyl (C=O) groups excluding carboxylic acids is 1. The molecule has 3 aliphatic heterocycles. The van der Waals surface area contributed by atoms with Gasteiger partial charge in [0.05, 0.1) is 25.1 Å². The molecule has 0 saturated carbocycles. The van der Waals surface area contributed by atoms with E-state index in [1.165, 1.54) is 0 Å². The summed E-state index contributed by atoms with van der Waals surface area (Å²) in [4.78, 5) is 26.8. The number of carbonyl (C=O) groups is 2. The van der Waals surface area contributed by atoms with Crippen LogP contribution >= 0.6 is 11.3 Å². The van der Waals surface area contributed by atoms with Crippen LogP contribution in [0.1, 0.15) is 4.88 Å². The highest BCUT2D eigenvalue weighted by Crippen LogP contribution is 2.52. The number of hydrogen-bond acceptors (Lipinski definition) is 4. The van der Waals surface area contributed by atoms with Gasteiger partial charge < -0.3 is 14.7 Å². The van der Waals surface area contributed by atoms with Crippen molar-refractivity contribution < 1.29 is 19.4 Å². The lowest BCUT2D eigenvalue weighted by atomic mass is 9.77. The van der Waals surface area contributed by atoms with E-state index in [0.29, 0.717) is 13.1 Å². The maximum atomic E-state index is 12.6. The topological polar surface area (TPSA) is 66.8 Å². The summed E-state index contributed by atoms with van der Waals surface area (Å²) in [6, 6.07) is 3.92. The monoisotopic (exact) mass is 291 g/mol. The van der Waals surface area contributed by atoms with Crippen LogP contribution in [-0.4, -0.2) is 40.1 Å². The second-order valence-corrected chi connectivity index (χ2v) is 6.54. The van der Waals surface area contributed by atoms with Gasteiger partial charge in [0.15, 0.2) is 0 Å². The first kappa shape index (κ1) is 12.1. The number of rotatable bonds is 3. The van der Waals surface area contributed by atoms with Gasteiger partial charge in [0, 0.05) is 4.88 Å².